The molecule has 0 aromatic heterocycles. The van der Waals surface area contributed by atoms with Crippen LogP contribution < -0.4 is 0 Å². The second kappa shape index (κ2) is 16.7. The van der Waals surface area contributed by atoms with Crippen molar-refractivity contribution in [2.24, 2.45) is 0 Å². The van der Waals surface area contributed by atoms with Crippen LogP contribution in [0.15, 0.2) is 0 Å². The fourth-order valence-corrected chi connectivity index (χ4v) is 4.50. The van der Waals surface area contributed by atoms with Gasteiger partial charge in [0.05, 0.1) is 18.8 Å². The first-order chi connectivity index (χ1) is 14.4. The van der Waals surface area contributed by atoms with E-state index in [1.165, 1.54) is 38.5 Å². The number of unbranched alkanes of at least 4 members (excludes halogenated alkanes) is 11. The van der Waals surface area contributed by atoms with Crippen LogP contribution in [0.3, 0.4) is 0 Å². The minimum atomic E-state index is -3.03. The maximum atomic E-state index is 12.4. The Morgan fingerprint density at radius 2 is 1.33 bits per heavy atom. The number of aliphatic carboxylic acids is 1. The molecule has 0 aromatic carbocycles. The first-order valence-corrected chi connectivity index (χ1v) is 12.7. The smallest absolute Gasteiger partial charge is 0.316 e. The molecule has 1 aliphatic heterocycles. The zero-order valence-electron chi connectivity index (χ0n) is 18.1. The summed E-state index contributed by atoms with van der Waals surface area (Å²) in [5.41, 5.74) is 0. The molecule has 0 radical (unpaired) electrons. The summed E-state index contributed by atoms with van der Waals surface area (Å²) >= 11 is 0. The number of hydrogen-bond acceptors (Lipinski definition) is 5. The number of aliphatic hydroxyl groups excluding tert-OH is 1. The fourth-order valence-electron chi connectivity index (χ4n) is 4.04. The third-order valence-corrected chi connectivity index (χ3v) is 6.24. The summed E-state index contributed by atoms with van der Waals surface area (Å²) in [5, 5.41) is 18.0. The minimum Gasteiger partial charge on any atom is -0.481 e. The first-order valence-electron chi connectivity index (χ1n) is 11.5. The van der Waals surface area contributed by atoms with E-state index >= 15 is 0 Å². The molecule has 3 atom stereocenters. The molecule has 1 aliphatic rings. The number of carbonyl (C=O) groups is 2. The Morgan fingerprint density at radius 3 is 1.77 bits per heavy atom. The van der Waals surface area contributed by atoms with Gasteiger partial charge in [0.15, 0.2) is 0 Å². The molecule has 1 rings (SSSR count). The molecule has 3 N–H and O–H groups in total. The molecule has 176 valence electrons. The zero-order chi connectivity index (χ0) is 22.2. The maximum absolute atomic E-state index is 12.4. The third kappa shape index (κ3) is 12.7. The summed E-state index contributed by atoms with van der Waals surface area (Å²) in [7, 11) is -3.03. The van der Waals surface area contributed by atoms with Crippen LogP contribution in [0.5, 0.6) is 0 Å². The Balaban J connectivity index is 1.95. The lowest BCUT2D eigenvalue weighted by Gasteiger charge is -2.22. The molecule has 0 spiro atoms. The highest BCUT2D eigenvalue weighted by Crippen LogP contribution is 2.28. The summed E-state index contributed by atoms with van der Waals surface area (Å²) in [6.45, 7) is 0.126. The van der Waals surface area contributed by atoms with Gasteiger partial charge in [-0.2, -0.15) is 0 Å². The molecule has 30 heavy (non-hydrogen) atoms. The molecular weight excluding hydrogens is 409 g/mol. The van der Waals surface area contributed by atoms with E-state index < -0.39 is 20.3 Å². The molecule has 1 amide bonds. The summed E-state index contributed by atoms with van der Waals surface area (Å²) < 4.78 is 15.8. The highest BCUT2D eigenvalue weighted by molar-refractivity contribution is 7.32. The number of carboxylic acids is 1. The van der Waals surface area contributed by atoms with Crippen LogP contribution in [0.4, 0.5) is 0 Å². The first kappa shape index (κ1) is 27.1. The van der Waals surface area contributed by atoms with Gasteiger partial charge in [0.2, 0.25) is 5.91 Å². The number of amides is 1. The number of rotatable bonds is 18. The van der Waals surface area contributed by atoms with E-state index in [4.69, 9.17) is 14.5 Å². The topological polar surface area (TPSA) is 124 Å². The Bertz CT molecular complexity index is 518. The van der Waals surface area contributed by atoms with E-state index in [1.807, 2.05) is 0 Å². The van der Waals surface area contributed by atoms with Crippen LogP contribution in [-0.4, -0.2) is 57.2 Å². The number of carboxylic acid groups (broad SMARTS) is 1. The van der Waals surface area contributed by atoms with Crippen molar-refractivity contribution >= 4 is 20.1 Å². The molecule has 8 nitrogen and oxygen atoms in total. The van der Waals surface area contributed by atoms with E-state index in [-0.39, 0.29) is 31.5 Å². The summed E-state index contributed by atoms with van der Waals surface area (Å²) in [4.78, 5) is 33.3. The molecule has 0 bridgehead atoms. The Hall–Kier alpha value is -0.950. The van der Waals surface area contributed by atoms with E-state index in [1.54, 1.807) is 4.90 Å². The van der Waals surface area contributed by atoms with Crippen molar-refractivity contribution in [1.29, 1.82) is 0 Å². The van der Waals surface area contributed by atoms with E-state index in [2.05, 4.69) is 0 Å². The average Bonchev–Trinajstić information content (AvgIpc) is 3.10. The van der Waals surface area contributed by atoms with Crippen LogP contribution in [0.2, 0.25) is 0 Å². The molecule has 0 aliphatic carbocycles. The number of aliphatic hydroxyl groups is 1. The van der Waals surface area contributed by atoms with Gasteiger partial charge in [-0.05, 0) is 19.3 Å². The SMILES string of the molecule is O=C(O)CCCCCCCCCCCCCCC(=O)N1C[C@H](O[PH](=O)O)C[C@H]1CO. The van der Waals surface area contributed by atoms with E-state index in [0.29, 0.717) is 12.8 Å². The van der Waals surface area contributed by atoms with Crippen molar-refractivity contribution in [3.8, 4) is 0 Å². The van der Waals surface area contributed by atoms with Gasteiger partial charge in [0.1, 0.15) is 0 Å². The minimum absolute atomic E-state index is 0.0129. The van der Waals surface area contributed by atoms with Crippen LogP contribution >= 0.6 is 8.25 Å². The monoisotopic (exact) mass is 449 g/mol. The standard InChI is InChI=1S/C21H40NO7P/c23-17-18-15-19(29-30(27)28)16-22(18)20(24)13-11-9-7-5-3-1-2-4-6-8-10-12-14-21(25)26/h18-19,23,30H,1-17H2,(H,25,26)(H,27,28)/t18-,19+/m0/s1. The number of nitrogens with zero attached hydrogens (tertiary/aromatic N) is 1. The van der Waals surface area contributed by atoms with Crippen molar-refractivity contribution in [1.82, 2.24) is 4.90 Å². The predicted octanol–water partition coefficient (Wildman–Crippen LogP) is 3.89. The van der Waals surface area contributed by atoms with Gasteiger partial charge in [0.25, 0.3) is 0 Å². The van der Waals surface area contributed by atoms with Gasteiger partial charge < -0.3 is 24.5 Å². The van der Waals surface area contributed by atoms with Gasteiger partial charge in [0, 0.05) is 19.4 Å². The zero-order valence-corrected chi connectivity index (χ0v) is 19.1. The highest BCUT2D eigenvalue weighted by Gasteiger charge is 2.35. The van der Waals surface area contributed by atoms with Crippen LogP contribution in [-0.2, 0) is 18.7 Å². The van der Waals surface area contributed by atoms with Gasteiger partial charge in [-0.15, -0.1) is 0 Å². The van der Waals surface area contributed by atoms with Gasteiger partial charge in [-0.25, -0.2) is 0 Å². The van der Waals surface area contributed by atoms with Crippen molar-refractivity contribution in [3.05, 3.63) is 0 Å². The molecule has 1 fully saturated rings. The van der Waals surface area contributed by atoms with Crippen molar-refractivity contribution in [3.63, 3.8) is 0 Å². The van der Waals surface area contributed by atoms with Crippen molar-refractivity contribution in [2.45, 2.75) is 108 Å². The van der Waals surface area contributed by atoms with Crippen LogP contribution in [0.1, 0.15) is 96.3 Å². The summed E-state index contributed by atoms with van der Waals surface area (Å²) in [6, 6.07) is -0.319. The van der Waals surface area contributed by atoms with Gasteiger partial charge >= 0.3 is 14.2 Å². The largest absolute Gasteiger partial charge is 0.481 e. The third-order valence-electron chi connectivity index (χ3n) is 5.71. The van der Waals surface area contributed by atoms with Gasteiger partial charge in [-0.1, -0.05) is 64.2 Å². The lowest BCUT2D eigenvalue weighted by atomic mass is 10.0. The van der Waals surface area contributed by atoms with Crippen molar-refractivity contribution < 1.29 is 33.8 Å². The highest BCUT2D eigenvalue weighted by atomic mass is 31.1. The predicted molar refractivity (Wildman–Crippen MR) is 116 cm³/mol. The molecule has 0 aromatic rings. The normalized spacial score (nSPS) is 19.9. The lowest BCUT2D eigenvalue weighted by Crippen LogP contribution is -2.37. The van der Waals surface area contributed by atoms with E-state index in [9.17, 15) is 19.3 Å². The Labute approximate surface area is 180 Å². The average molecular weight is 450 g/mol. The molecule has 1 heterocycles. The van der Waals surface area contributed by atoms with E-state index in [0.717, 1.165) is 38.5 Å². The lowest BCUT2D eigenvalue weighted by molar-refractivity contribution is -0.137. The Kier molecular flexibility index (Phi) is 15.1. The van der Waals surface area contributed by atoms with Crippen LogP contribution in [0, 0.1) is 0 Å². The van der Waals surface area contributed by atoms with Crippen LogP contribution in [0.25, 0.3) is 0 Å². The molecule has 9 heteroatoms. The number of carbonyl (C=O) groups excluding carboxylic acids is 1. The number of likely N-dealkylation sites (tertiary alicyclic amines) is 1. The molecule has 0 saturated carbocycles. The summed E-state index contributed by atoms with van der Waals surface area (Å²) in [5.74, 6) is -0.716. The second-order valence-electron chi connectivity index (χ2n) is 8.26. The summed E-state index contributed by atoms with van der Waals surface area (Å²) in [6.07, 6.45) is 13.8. The quantitative estimate of drug-likeness (QED) is 0.214. The van der Waals surface area contributed by atoms with Gasteiger partial charge in [-0.3, -0.25) is 14.2 Å². The molecule has 1 unspecified atom stereocenters. The molecule has 1 saturated heterocycles. The molecular formula is C21H40NO7P. The van der Waals surface area contributed by atoms with Crippen molar-refractivity contribution in [2.75, 3.05) is 13.2 Å². The maximum Gasteiger partial charge on any atom is 0.316 e. The second-order valence-corrected chi connectivity index (χ2v) is 9.03. The fraction of sp³-hybridized carbons (Fsp3) is 0.905. The number of hydrogen-bond donors (Lipinski definition) is 3. The Morgan fingerprint density at radius 1 is 0.867 bits per heavy atom.